The average Bonchev–Trinajstić information content (AvgIpc) is 2.53. The van der Waals surface area contributed by atoms with E-state index < -0.39 is 0 Å². The van der Waals surface area contributed by atoms with E-state index in [1.54, 1.807) is 0 Å². The minimum Gasteiger partial charge on any atom is -0.367 e. The minimum absolute atomic E-state index is 0.0792. The highest BCUT2D eigenvalue weighted by Gasteiger charge is 2.23. The Hall–Kier alpha value is -2.10. The molecule has 1 saturated heterocycles. The molecule has 1 fully saturated rings. The SMILES string of the molecule is Cc1cc(N2CCN(C(=O)C(C)C)CC2)c2ccccc2n1. The Balaban J connectivity index is 1.84. The summed E-state index contributed by atoms with van der Waals surface area (Å²) in [7, 11) is 0. The highest BCUT2D eigenvalue weighted by atomic mass is 16.2. The van der Waals surface area contributed by atoms with Crippen LogP contribution < -0.4 is 4.90 Å². The molecule has 116 valence electrons. The summed E-state index contributed by atoms with van der Waals surface area (Å²) in [6.07, 6.45) is 0. The maximum absolute atomic E-state index is 12.1. The van der Waals surface area contributed by atoms with Gasteiger partial charge in [-0.1, -0.05) is 32.0 Å². The van der Waals surface area contributed by atoms with Crippen LogP contribution in [0, 0.1) is 12.8 Å². The van der Waals surface area contributed by atoms with Crippen LogP contribution >= 0.6 is 0 Å². The Morgan fingerprint density at radius 3 is 2.50 bits per heavy atom. The molecule has 0 saturated carbocycles. The van der Waals surface area contributed by atoms with E-state index in [0.29, 0.717) is 0 Å². The number of benzene rings is 1. The first kappa shape index (κ1) is 14.8. The van der Waals surface area contributed by atoms with Crippen molar-refractivity contribution in [3.63, 3.8) is 0 Å². The van der Waals surface area contributed by atoms with Crippen molar-refractivity contribution in [2.24, 2.45) is 5.92 Å². The molecule has 0 spiro atoms. The first-order chi connectivity index (χ1) is 10.6. The van der Waals surface area contributed by atoms with Gasteiger partial charge in [0.15, 0.2) is 0 Å². The highest BCUT2D eigenvalue weighted by molar-refractivity contribution is 5.92. The number of aromatic nitrogens is 1. The molecular formula is C18H23N3O. The van der Waals surface area contributed by atoms with E-state index >= 15 is 0 Å². The lowest BCUT2D eigenvalue weighted by atomic mass is 10.1. The highest BCUT2D eigenvalue weighted by Crippen LogP contribution is 2.27. The van der Waals surface area contributed by atoms with Gasteiger partial charge in [-0.3, -0.25) is 9.78 Å². The van der Waals surface area contributed by atoms with Gasteiger partial charge in [0, 0.05) is 48.9 Å². The third kappa shape index (κ3) is 2.78. The number of nitrogens with zero attached hydrogens (tertiary/aromatic N) is 3. The molecular weight excluding hydrogens is 274 g/mol. The average molecular weight is 297 g/mol. The van der Waals surface area contributed by atoms with Crippen LogP contribution in [-0.4, -0.2) is 42.0 Å². The van der Waals surface area contributed by atoms with Crippen molar-refractivity contribution < 1.29 is 4.79 Å². The van der Waals surface area contributed by atoms with Crippen LogP contribution in [0.5, 0.6) is 0 Å². The number of rotatable bonds is 2. The van der Waals surface area contributed by atoms with Gasteiger partial charge in [-0.05, 0) is 19.1 Å². The quantitative estimate of drug-likeness (QED) is 0.855. The van der Waals surface area contributed by atoms with E-state index in [9.17, 15) is 4.79 Å². The molecule has 0 unspecified atom stereocenters. The van der Waals surface area contributed by atoms with Gasteiger partial charge in [-0.15, -0.1) is 0 Å². The molecule has 2 heterocycles. The summed E-state index contributed by atoms with van der Waals surface area (Å²) in [6.45, 7) is 9.33. The van der Waals surface area contributed by atoms with Crippen LogP contribution in [0.25, 0.3) is 10.9 Å². The predicted octanol–water partition coefficient (Wildman–Crippen LogP) is 2.85. The van der Waals surface area contributed by atoms with Gasteiger partial charge >= 0.3 is 0 Å². The Bertz CT molecular complexity index is 688. The standard InChI is InChI=1S/C18H23N3O/c1-13(2)18(22)21-10-8-20(9-11-21)17-12-14(3)19-16-7-5-4-6-15(16)17/h4-7,12-13H,8-11H2,1-3H3. The molecule has 22 heavy (non-hydrogen) atoms. The number of hydrogen-bond donors (Lipinski definition) is 0. The van der Waals surface area contributed by atoms with Gasteiger partial charge in [-0.25, -0.2) is 0 Å². The van der Waals surface area contributed by atoms with E-state index in [0.717, 1.165) is 37.4 Å². The van der Waals surface area contributed by atoms with Gasteiger partial charge in [0.2, 0.25) is 5.91 Å². The van der Waals surface area contributed by atoms with Crippen molar-refractivity contribution in [3.05, 3.63) is 36.0 Å². The van der Waals surface area contributed by atoms with Crippen LogP contribution in [0.15, 0.2) is 30.3 Å². The third-order valence-electron chi connectivity index (χ3n) is 4.25. The smallest absolute Gasteiger partial charge is 0.225 e. The van der Waals surface area contributed by atoms with Gasteiger partial charge < -0.3 is 9.80 Å². The first-order valence-corrected chi connectivity index (χ1v) is 7.96. The van der Waals surface area contributed by atoms with E-state index in [1.165, 1.54) is 11.1 Å². The van der Waals surface area contributed by atoms with Gasteiger partial charge in [0.25, 0.3) is 0 Å². The molecule has 1 aliphatic heterocycles. The number of amides is 1. The zero-order chi connectivity index (χ0) is 15.7. The second-order valence-electron chi connectivity index (χ2n) is 6.27. The van der Waals surface area contributed by atoms with Crippen molar-refractivity contribution in [2.45, 2.75) is 20.8 Å². The number of para-hydroxylation sites is 1. The molecule has 4 heteroatoms. The molecule has 0 N–H and O–H groups in total. The van der Waals surface area contributed by atoms with Crippen LogP contribution in [0.4, 0.5) is 5.69 Å². The molecule has 0 atom stereocenters. The summed E-state index contributed by atoms with van der Waals surface area (Å²) in [5.74, 6) is 0.339. The van der Waals surface area contributed by atoms with Gasteiger partial charge in [0.05, 0.1) is 5.52 Å². The van der Waals surface area contributed by atoms with E-state index in [1.807, 2.05) is 31.7 Å². The molecule has 0 radical (unpaired) electrons. The lowest BCUT2D eigenvalue weighted by Gasteiger charge is -2.37. The number of carbonyl (C=O) groups excluding carboxylic acids is 1. The monoisotopic (exact) mass is 297 g/mol. The zero-order valence-electron chi connectivity index (χ0n) is 13.5. The van der Waals surface area contributed by atoms with Crippen LogP contribution in [0.2, 0.25) is 0 Å². The summed E-state index contributed by atoms with van der Waals surface area (Å²) < 4.78 is 0. The maximum Gasteiger partial charge on any atom is 0.225 e. The molecule has 0 aliphatic carbocycles. The first-order valence-electron chi connectivity index (χ1n) is 7.96. The van der Waals surface area contributed by atoms with E-state index in [-0.39, 0.29) is 11.8 Å². The molecule has 1 amide bonds. The number of fused-ring (bicyclic) bond motifs is 1. The normalized spacial score (nSPS) is 15.6. The van der Waals surface area contributed by atoms with Crippen LogP contribution in [0.3, 0.4) is 0 Å². The van der Waals surface area contributed by atoms with Crippen molar-refractivity contribution in [2.75, 3.05) is 31.1 Å². The number of anilines is 1. The van der Waals surface area contributed by atoms with Crippen molar-refractivity contribution in [1.82, 2.24) is 9.88 Å². The van der Waals surface area contributed by atoms with Gasteiger partial charge in [0.1, 0.15) is 0 Å². The Kier molecular flexibility index (Phi) is 4.01. The molecule has 4 nitrogen and oxygen atoms in total. The summed E-state index contributed by atoms with van der Waals surface area (Å²) in [4.78, 5) is 21.1. The lowest BCUT2D eigenvalue weighted by Crippen LogP contribution is -2.50. The predicted molar refractivity (Wildman–Crippen MR) is 90.1 cm³/mol. The number of carbonyl (C=O) groups is 1. The van der Waals surface area contributed by atoms with Crippen LogP contribution in [-0.2, 0) is 4.79 Å². The van der Waals surface area contributed by atoms with Gasteiger partial charge in [-0.2, -0.15) is 0 Å². The maximum atomic E-state index is 12.1. The second kappa shape index (κ2) is 5.95. The van der Waals surface area contributed by atoms with E-state index in [2.05, 4.69) is 34.1 Å². The molecule has 0 bridgehead atoms. The molecule has 3 rings (SSSR count). The van der Waals surface area contributed by atoms with Crippen molar-refractivity contribution >= 4 is 22.5 Å². The molecule has 1 aromatic carbocycles. The lowest BCUT2D eigenvalue weighted by molar-refractivity contribution is -0.134. The summed E-state index contributed by atoms with van der Waals surface area (Å²) in [5, 5.41) is 1.19. The Morgan fingerprint density at radius 1 is 1.14 bits per heavy atom. The Morgan fingerprint density at radius 2 is 1.82 bits per heavy atom. The minimum atomic E-state index is 0.0792. The fraction of sp³-hybridized carbons (Fsp3) is 0.444. The molecule has 1 aromatic heterocycles. The third-order valence-corrected chi connectivity index (χ3v) is 4.25. The number of piperazine rings is 1. The summed E-state index contributed by atoms with van der Waals surface area (Å²) >= 11 is 0. The number of hydrogen-bond acceptors (Lipinski definition) is 3. The van der Waals surface area contributed by atoms with Crippen molar-refractivity contribution in [3.8, 4) is 0 Å². The largest absolute Gasteiger partial charge is 0.367 e. The van der Waals surface area contributed by atoms with Crippen molar-refractivity contribution in [1.29, 1.82) is 0 Å². The Labute approximate surface area is 131 Å². The summed E-state index contributed by atoms with van der Waals surface area (Å²) in [6, 6.07) is 10.4. The molecule has 2 aromatic rings. The number of pyridine rings is 1. The van der Waals surface area contributed by atoms with Crippen LogP contribution in [0.1, 0.15) is 19.5 Å². The summed E-state index contributed by atoms with van der Waals surface area (Å²) in [5.41, 5.74) is 3.31. The fourth-order valence-corrected chi connectivity index (χ4v) is 3.08. The molecule has 1 aliphatic rings. The second-order valence-corrected chi connectivity index (χ2v) is 6.27. The van der Waals surface area contributed by atoms with E-state index in [4.69, 9.17) is 0 Å². The number of aryl methyl sites for hydroxylation is 1. The topological polar surface area (TPSA) is 36.4 Å². The zero-order valence-corrected chi connectivity index (χ0v) is 13.5. The fourth-order valence-electron chi connectivity index (χ4n) is 3.08.